The average molecular weight is 300 g/mol. The van der Waals surface area contributed by atoms with Gasteiger partial charge in [0.05, 0.1) is 5.92 Å². The first kappa shape index (κ1) is 16.3. The van der Waals surface area contributed by atoms with Gasteiger partial charge in [-0.3, -0.25) is 4.98 Å². The van der Waals surface area contributed by atoms with Crippen LogP contribution in [0.3, 0.4) is 0 Å². The highest BCUT2D eigenvalue weighted by molar-refractivity contribution is 5.06. The molecule has 1 N–H and O–H groups in total. The van der Waals surface area contributed by atoms with E-state index in [9.17, 15) is 13.2 Å². The first-order valence-corrected chi connectivity index (χ1v) is 7.70. The number of nitrogens with zero attached hydrogens (tertiary/aromatic N) is 1. The molecule has 1 atom stereocenters. The fourth-order valence-electron chi connectivity index (χ4n) is 3.26. The summed E-state index contributed by atoms with van der Waals surface area (Å²) in [7, 11) is 0. The third-order valence-corrected chi connectivity index (χ3v) is 4.43. The molecule has 1 aromatic rings. The number of nitrogens with one attached hydrogen (secondary N) is 1. The zero-order valence-electron chi connectivity index (χ0n) is 12.4. The van der Waals surface area contributed by atoms with Crippen LogP contribution in [-0.4, -0.2) is 23.7 Å². The maximum absolute atomic E-state index is 12.7. The van der Waals surface area contributed by atoms with E-state index in [1.54, 1.807) is 6.20 Å². The van der Waals surface area contributed by atoms with E-state index in [0.717, 1.165) is 18.7 Å². The van der Waals surface area contributed by atoms with Crippen molar-refractivity contribution < 1.29 is 13.2 Å². The summed E-state index contributed by atoms with van der Waals surface area (Å²) in [4.78, 5) is 4.33. The summed E-state index contributed by atoms with van der Waals surface area (Å²) in [5.41, 5.74) is 1.00. The van der Waals surface area contributed by atoms with Gasteiger partial charge in [-0.05, 0) is 50.3 Å². The van der Waals surface area contributed by atoms with Crippen LogP contribution in [0.15, 0.2) is 24.4 Å². The van der Waals surface area contributed by atoms with Crippen molar-refractivity contribution in [3.8, 4) is 0 Å². The molecule has 1 aromatic heterocycles. The summed E-state index contributed by atoms with van der Waals surface area (Å²) in [5, 5.41) is 3.43. The van der Waals surface area contributed by atoms with Crippen molar-refractivity contribution in [1.29, 1.82) is 0 Å². The number of alkyl halides is 3. The summed E-state index contributed by atoms with van der Waals surface area (Å²) in [6.45, 7) is 2.86. The number of aromatic nitrogens is 1. The number of rotatable bonds is 5. The molecule has 1 aliphatic rings. The highest BCUT2D eigenvalue weighted by Crippen LogP contribution is 2.40. The van der Waals surface area contributed by atoms with Crippen molar-refractivity contribution in [1.82, 2.24) is 10.3 Å². The Balaban J connectivity index is 1.94. The van der Waals surface area contributed by atoms with Gasteiger partial charge in [0.1, 0.15) is 0 Å². The van der Waals surface area contributed by atoms with Gasteiger partial charge in [-0.2, -0.15) is 13.2 Å². The van der Waals surface area contributed by atoms with Crippen molar-refractivity contribution in [3.05, 3.63) is 30.1 Å². The minimum atomic E-state index is -4.03. The lowest BCUT2D eigenvalue weighted by atomic mass is 9.77. The third-order valence-electron chi connectivity index (χ3n) is 4.43. The maximum atomic E-state index is 12.7. The summed E-state index contributed by atoms with van der Waals surface area (Å²) < 4.78 is 38.2. The molecule has 0 spiro atoms. The first-order valence-electron chi connectivity index (χ1n) is 7.70. The van der Waals surface area contributed by atoms with Gasteiger partial charge >= 0.3 is 6.18 Å². The molecule has 1 unspecified atom stereocenters. The normalized spacial score (nSPS) is 24.8. The quantitative estimate of drug-likeness (QED) is 0.890. The van der Waals surface area contributed by atoms with Crippen LogP contribution in [-0.2, 0) is 6.42 Å². The highest BCUT2D eigenvalue weighted by Gasteiger charge is 2.42. The Kier molecular flexibility index (Phi) is 5.62. The van der Waals surface area contributed by atoms with Crippen molar-refractivity contribution >= 4 is 0 Å². The Labute approximate surface area is 124 Å². The number of pyridine rings is 1. The van der Waals surface area contributed by atoms with Gasteiger partial charge in [-0.1, -0.05) is 13.0 Å². The number of hydrogen-bond donors (Lipinski definition) is 1. The van der Waals surface area contributed by atoms with E-state index in [1.165, 1.54) is 0 Å². The fraction of sp³-hybridized carbons (Fsp3) is 0.688. The average Bonchev–Trinajstić information content (AvgIpc) is 2.47. The molecule has 2 nitrogen and oxygen atoms in total. The summed E-state index contributed by atoms with van der Waals surface area (Å²) in [5.74, 6) is -0.795. The lowest BCUT2D eigenvalue weighted by molar-refractivity contribution is -0.184. The molecule has 1 aliphatic carbocycles. The predicted molar refractivity (Wildman–Crippen MR) is 76.9 cm³/mol. The van der Waals surface area contributed by atoms with Crippen molar-refractivity contribution in [2.75, 3.05) is 6.54 Å². The lowest BCUT2D eigenvalue weighted by Crippen LogP contribution is -2.41. The Hall–Kier alpha value is -1.10. The lowest BCUT2D eigenvalue weighted by Gasteiger charge is -2.35. The Bertz CT molecular complexity index is 411. The van der Waals surface area contributed by atoms with Crippen LogP contribution in [0.25, 0.3) is 0 Å². The van der Waals surface area contributed by atoms with Crippen LogP contribution >= 0.6 is 0 Å². The number of likely N-dealkylation sites (N-methyl/N-ethyl adjacent to an activating group) is 1. The second-order valence-corrected chi connectivity index (χ2v) is 5.84. The largest absolute Gasteiger partial charge is 0.391 e. The van der Waals surface area contributed by atoms with Crippen molar-refractivity contribution in [2.24, 2.45) is 11.8 Å². The summed E-state index contributed by atoms with van der Waals surface area (Å²) in [6.07, 6.45) is 0.342. The molecule has 2 rings (SSSR count). The van der Waals surface area contributed by atoms with E-state index in [0.29, 0.717) is 18.8 Å². The molecule has 118 valence electrons. The van der Waals surface area contributed by atoms with Crippen LogP contribution in [0.1, 0.15) is 38.3 Å². The second-order valence-electron chi connectivity index (χ2n) is 5.84. The summed E-state index contributed by atoms with van der Waals surface area (Å²) in [6, 6.07) is 6.02. The maximum Gasteiger partial charge on any atom is 0.391 e. The minimum absolute atomic E-state index is 0.221. The SMILES string of the molecule is CCNC(Cc1ccccn1)C1CCC(C(F)(F)F)CC1. The highest BCUT2D eigenvalue weighted by atomic mass is 19.4. The van der Waals surface area contributed by atoms with E-state index in [-0.39, 0.29) is 18.9 Å². The summed E-state index contributed by atoms with van der Waals surface area (Å²) >= 11 is 0. The monoisotopic (exact) mass is 300 g/mol. The van der Waals surface area contributed by atoms with Crippen LogP contribution in [0.5, 0.6) is 0 Å². The molecular formula is C16H23F3N2. The van der Waals surface area contributed by atoms with Gasteiger partial charge in [0.2, 0.25) is 0 Å². The fourth-order valence-corrected chi connectivity index (χ4v) is 3.26. The molecule has 0 saturated heterocycles. The zero-order chi connectivity index (χ0) is 15.3. The third kappa shape index (κ3) is 4.70. The van der Waals surface area contributed by atoms with Crippen molar-refractivity contribution in [2.45, 2.75) is 51.2 Å². The number of halogens is 3. The molecule has 0 radical (unpaired) electrons. The van der Waals surface area contributed by atoms with Crippen LogP contribution in [0.2, 0.25) is 0 Å². The molecule has 1 saturated carbocycles. The molecule has 1 heterocycles. The molecule has 0 bridgehead atoms. The first-order chi connectivity index (χ1) is 10.0. The van der Waals surface area contributed by atoms with E-state index >= 15 is 0 Å². The van der Waals surface area contributed by atoms with Gasteiger partial charge in [0.15, 0.2) is 0 Å². The second kappa shape index (κ2) is 7.25. The molecular weight excluding hydrogens is 277 g/mol. The van der Waals surface area contributed by atoms with Gasteiger partial charge in [0, 0.05) is 24.4 Å². The Morgan fingerprint density at radius 1 is 1.24 bits per heavy atom. The van der Waals surface area contributed by atoms with E-state index in [4.69, 9.17) is 0 Å². The van der Waals surface area contributed by atoms with Gasteiger partial charge in [-0.15, -0.1) is 0 Å². The molecule has 0 aromatic carbocycles. The van der Waals surface area contributed by atoms with Gasteiger partial charge in [-0.25, -0.2) is 0 Å². The molecule has 0 amide bonds. The molecule has 5 heteroatoms. The van der Waals surface area contributed by atoms with E-state index in [2.05, 4.69) is 10.3 Å². The van der Waals surface area contributed by atoms with Crippen molar-refractivity contribution in [3.63, 3.8) is 0 Å². The molecule has 0 aliphatic heterocycles. The Morgan fingerprint density at radius 2 is 1.95 bits per heavy atom. The molecule has 1 fully saturated rings. The van der Waals surface area contributed by atoms with E-state index in [1.807, 2.05) is 25.1 Å². The standard InChI is InChI=1S/C16H23F3N2/c1-2-20-15(11-14-5-3-4-10-21-14)12-6-8-13(9-7-12)16(17,18)19/h3-5,10,12-13,15,20H,2,6-9,11H2,1H3. The topological polar surface area (TPSA) is 24.9 Å². The van der Waals surface area contributed by atoms with E-state index < -0.39 is 12.1 Å². The Morgan fingerprint density at radius 3 is 2.48 bits per heavy atom. The van der Waals surface area contributed by atoms with Crippen LogP contribution in [0, 0.1) is 11.8 Å². The smallest absolute Gasteiger partial charge is 0.314 e. The van der Waals surface area contributed by atoms with Crippen LogP contribution in [0.4, 0.5) is 13.2 Å². The number of hydrogen-bond acceptors (Lipinski definition) is 2. The van der Waals surface area contributed by atoms with Gasteiger partial charge in [0.25, 0.3) is 0 Å². The minimum Gasteiger partial charge on any atom is -0.314 e. The molecule has 21 heavy (non-hydrogen) atoms. The zero-order valence-corrected chi connectivity index (χ0v) is 12.4. The van der Waals surface area contributed by atoms with Gasteiger partial charge < -0.3 is 5.32 Å². The van der Waals surface area contributed by atoms with Crippen LogP contribution < -0.4 is 5.32 Å². The predicted octanol–water partition coefficient (Wildman–Crippen LogP) is 3.97.